The molecule has 1 aliphatic heterocycles. The number of rotatable bonds is 13. The number of anilines is 2. The van der Waals surface area contributed by atoms with Crippen LogP contribution in [0.3, 0.4) is 0 Å². The van der Waals surface area contributed by atoms with Crippen LogP contribution in [-0.2, 0) is 22.7 Å². The van der Waals surface area contributed by atoms with Crippen LogP contribution in [0.2, 0.25) is 10.0 Å². The molecular weight excluding hydrogens is 661 g/mol. The highest BCUT2D eigenvalue weighted by Gasteiger charge is 2.21. The highest BCUT2D eigenvalue weighted by atomic mass is 35.5. The molecule has 1 fully saturated rings. The van der Waals surface area contributed by atoms with Crippen LogP contribution in [0.1, 0.15) is 23.4 Å². The first-order valence-electron chi connectivity index (χ1n) is 14.9. The van der Waals surface area contributed by atoms with Crippen molar-refractivity contribution in [2.45, 2.75) is 32.0 Å². The predicted octanol–water partition coefficient (Wildman–Crippen LogP) is 6.02. The Labute approximate surface area is 284 Å². The quantitative estimate of drug-likeness (QED) is 0.0991. The van der Waals surface area contributed by atoms with Gasteiger partial charge in [-0.1, -0.05) is 59.6 Å². The number of carboxylic acids is 1. The van der Waals surface area contributed by atoms with Gasteiger partial charge in [0.15, 0.2) is 5.82 Å². The zero-order chi connectivity index (χ0) is 32.9. The van der Waals surface area contributed by atoms with E-state index in [1.165, 1.54) is 11.3 Å². The summed E-state index contributed by atoms with van der Waals surface area (Å²) in [6.07, 6.45) is 3.08. The largest absolute Gasteiger partial charge is 0.481 e. The van der Waals surface area contributed by atoms with Crippen molar-refractivity contribution in [1.82, 2.24) is 30.9 Å². The molecule has 1 saturated heterocycles. The van der Waals surface area contributed by atoms with E-state index < -0.39 is 5.97 Å². The van der Waals surface area contributed by atoms with Crippen molar-refractivity contribution in [1.29, 1.82) is 0 Å². The lowest BCUT2D eigenvalue weighted by molar-refractivity contribution is -0.136. The number of carbonyl (C=O) groups is 2. The molecule has 3 aromatic heterocycles. The molecule has 1 amide bonds. The lowest BCUT2D eigenvalue weighted by Crippen LogP contribution is -2.35. The number of carboxylic acid groups (broad SMARTS) is 1. The molecule has 0 saturated carbocycles. The summed E-state index contributed by atoms with van der Waals surface area (Å²) in [4.78, 5) is 36.3. The Hall–Kier alpha value is -4.33. The number of benzene rings is 2. The van der Waals surface area contributed by atoms with Crippen molar-refractivity contribution in [3.05, 3.63) is 81.4 Å². The van der Waals surface area contributed by atoms with Crippen LogP contribution in [0.25, 0.3) is 32.6 Å². The van der Waals surface area contributed by atoms with E-state index in [2.05, 4.69) is 31.2 Å². The Morgan fingerprint density at radius 2 is 1.81 bits per heavy atom. The average molecular weight is 693 g/mol. The number of nitrogens with zero attached hydrogens (tertiary/aromatic N) is 3. The van der Waals surface area contributed by atoms with Gasteiger partial charge in [0.2, 0.25) is 11.8 Å². The Morgan fingerprint density at radius 1 is 1.02 bits per heavy atom. The summed E-state index contributed by atoms with van der Waals surface area (Å²) in [6, 6.07) is 17.2. The zero-order valence-corrected chi connectivity index (χ0v) is 27.6. The standard InChI is InChI=1S/C33H31Cl2N7O4S/c1-46-33-18(14-36-15-19-9-11-26(43)39-19)8-10-23(41-33)22-6-2-4-20(29(22)34)21-5-3-7-24(30(21)35)40-32-31-25(12-13-38-32)47-27(42-31)16-37-17-28(44)45/h2-8,10,12-13,19,36-37H,9,11,14-17H2,1H3,(H,38,40)(H,39,43)(H,44,45). The number of aliphatic carboxylic acids is 1. The third kappa shape index (κ3) is 7.47. The van der Waals surface area contributed by atoms with Crippen LogP contribution in [0.5, 0.6) is 5.88 Å². The molecule has 1 aliphatic rings. The Kier molecular flexibility index (Phi) is 10.1. The fraction of sp³-hybridized carbons (Fsp3) is 0.242. The molecular formula is C33H31Cl2N7O4S. The van der Waals surface area contributed by atoms with Gasteiger partial charge in [-0.25, -0.2) is 15.0 Å². The fourth-order valence-corrected chi connectivity index (χ4v) is 6.92. The Morgan fingerprint density at radius 3 is 2.57 bits per heavy atom. The van der Waals surface area contributed by atoms with Gasteiger partial charge in [0.05, 0.1) is 39.8 Å². The summed E-state index contributed by atoms with van der Waals surface area (Å²) in [6.45, 7) is 1.39. The second kappa shape index (κ2) is 14.6. The van der Waals surface area contributed by atoms with E-state index in [1.807, 2.05) is 54.6 Å². The van der Waals surface area contributed by atoms with Gasteiger partial charge in [-0.2, -0.15) is 0 Å². The third-order valence-electron chi connectivity index (χ3n) is 7.64. The summed E-state index contributed by atoms with van der Waals surface area (Å²) in [5, 5.41) is 23.1. The first kappa shape index (κ1) is 32.6. The fourth-order valence-electron chi connectivity index (χ4n) is 5.39. The first-order chi connectivity index (χ1) is 22.8. The number of fused-ring (bicyclic) bond motifs is 1. The van der Waals surface area contributed by atoms with Crippen molar-refractivity contribution in [2.75, 3.05) is 25.5 Å². The van der Waals surface area contributed by atoms with Crippen LogP contribution in [-0.4, -0.2) is 58.2 Å². The second-order valence-electron chi connectivity index (χ2n) is 10.9. The van der Waals surface area contributed by atoms with Crippen molar-refractivity contribution >= 4 is 68.1 Å². The van der Waals surface area contributed by atoms with Gasteiger partial charge in [0, 0.05) is 60.5 Å². The molecule has 14 heteroatoms. The second-order valence-corrected chi connectivity index (χ2v) is 12.7. The van der Waals surface area contributed by atoms with Crippen LogP contribution in [0.15, 0.2) is 60.8 Å². The molecule has 5 N–H and O–H groups in total. The highest BCUT2D eigenvalue weighted by molar-refractivity contribution is 7.18. The van der Waals surface area contributed by atoms with Gasteiger partial charge in [0.1, 0.15) is 10.5 Å². The molecule has 4 heterocycles. The van der Waals surface area contributed by atoms with E-state index in [4.69, 9.17) is 38.0 Å². The van der Waals surface area contributed by atoms with Gasteiger partial charge in [-0.05, 0) is 24.6 Å². The number of ether oxygens (including phenoxy) is 1. The molecule has 47 heavy (non-hydrogen) atoms. The Balaban J connectivity index is 1.23. The van der Waals surface area contributed by atoms with Crippen molar-refractivity contribution in [3.63, 3.8) is 0 Å². The molecule has 1 atom stereocenters. The van der Waals surface area contributed by atoms with E-state index in [9.17, 15) is 9.59 Å². The number of methoxy groups -OCH3 is 1. The summed E-state index contributed by atoms with van der Waals surface area (Å²) < 4.78 is 6.53. The van der Waals surface area contributed by atoms with Crippen LogP contribution in [0, 0.1) is 0 Å². The minimum Gasteiger partial charge on any atom is -0.481 e. The minimum absolute atomic E-state index is 0.0911. The summed E-state index contributed by atoms with van der Waals surface area (Å²) in [5.74, 6) is 0.177. The molecule has 11 nitrogen and oxygen atoms in total. The van der Waals surface area contributed by atoms with Gasteiger partial charge >= 0.3 is 5.97 Å². The monoisotopic (exact) mass is 691 g/mol. The number of halogens is 2. The molecule has 6 rings (SSSR count). The number of thiazole rings is 1. The summed E-state index contributed by atoms with van der Waals surface area (Å²) in [5.41, 5.74) is 5.01. The van der Waals surface area contributed by atoms with Gasteiger partial charge in [-0.3, -0.25) is 9.59 Å². The average Bonchev–Trinajstić information content (AvgIpc) is 3.68. The molecule has 2 aromatic carbocycles. The van der Waals surface area contributed by atoms with E-state index >= 15 is 0 Å². The SMILES string of the molecule is COc1nc(-c2cccc(-c3cccc(Nc4nccc5sc(CNCC(=O)O)nc45)c3Cl)c2Cl)ccc1CNCC1CCC(=O)N1. The summed E-state index contributed by atoms with van der Waals surface area (Å²) >= 11 is 15.5. The zero-order valence-electron chi connectivity index (χ0n) is 25.3. The minimum atomic E-state index is -0.930. The number of pyridine rings is 2. The number of hydrogen-bond acceptors (Lipinski definition) is 10. The number of nitrogens with one attached hydrogen (secondary N) is 4. The van der Waals surface area contributed by atoms with Gasteiger partial charge in [0.25, 0.3) is 0 Å². The van der Waals surface area contributed by atoms with Crippen LogP contribution < -0.4 is 26.0 Å². The maximum atomic E-state index is 11.5. The Bertz CT molecular complexity index is 1950. The number of hydrogen-bond donors (Lipinski definition) is 5. The third-order valence-corrected chi connectivity index (χ3v) is 9.48. The maximum Gasteiger partial charge on any atom is 0.317 e. The van der Waals surface area contributed by atoms with E-state index in [0.29, 0.717) is 64.7 Å². The maximum absolute atomic E-state index is 11.5. The van der Waals surface area contributed by atoms with E-state index in [1.54, 1.807) is 13.3 Å². The molecule has 5 aromatic rings. The highest BCUT2D eigenvalue weighted by Crippen LogP contribution is 2.42. The smallest absolute Gasteiger partial charge is 0.317 e. The van der Waals surface area contributed by atoms with Gasteiger partial charge in [-0.15, -0.1) is 11.3 Å². The lowest BCUT2D eigenvalue weighted by Gasteiger charge is -2.16. The van der Waals surface area contributed by atoms with Gasteiger partial charge < -0.3 is 31.1 Å². The molecule has 0 aliphatic carbocycles. The van der Waals surface area contributed by atoms with E-state index in [-0.39, 0.29) is 18.5 Å². The molecule has 0 bridgehead atoms. The van der Waals surface area contributed by atoms with Crippen LogP contribution >= 0.6 is 34.5 Å². The summed E-state index contributed by atoms with van der Waals surface area (Å²) in [7, 11) is 1.58. The molecule has 1 unspecified atom stereocenters. The molecule has 0 radical (unpaired) electrons. The number of aromatic nitrogens is 3. The van der Waals surface area contributed by atoms with E-state index in [0.717, 1.165) is 38.4 Å². The molecule has 242 valence electrons. The van der Waals surface area contributed by atoms with Crippen molar-refractivity contribution < 1.29 is 19.4 Å². The van der Waals surface area contributed by atoms with Crippen molar-refractivity contribution in [2.24, 2.45) is 0 Å². The number of amides is 1. The van der Waals surface area contributed by atoms with Crippen LogP contribution in [0.4, 0.5) is 11.5 Å². The number of carbonyl (C=O) groups excluding carboxylic acids is 1. The predicted molar refractivity (Wildman–Crippen MR) is 185 cm³/mol. The normalized spacial score (nSPS) is 14.4. The lowest BCUT2D eigenvalue weighted by atomic mass is 10.00. The first-order valence-corrected chi connectivity index (χ1v) is 16.4. The molecule has 0 spiro atoms. The topological polar surface area (TPSA) is 150 Å². The van der Waals surface area contributed by atoms with Crippen molar-refractivity contribution in [3.8, 4) is 28.3 Å².